The summed E-state index contributed by atoms with van der Waals surface area (Å²) in [5.41, 5.74) is 3.61. The first-order chi connectivity index (χ1) is 11.2. The minimum atomic E-state index is -0.311. The smallest absolute Gasteiger partial charge is 0.132 e. The van der Waals surface area contributed by atoms with Crippen LogP contribution in [0.5, 0.6) is 0 Å². The SMILES string of the molecule is CC1=CC(c2ccc3n[nH]c(/C=N/O)c3c2)C(C#N)=C(C#N)N1. The minimum Gasteiger partial charge on any atom is -0.411 e. The molecule has 0 spiro atoms. The lowest BCUT2D eigenvalue weighted by atomic mass is 9.87. The molecule has 1 aromatic heterocycles. The van der Waals surface area contributed by atoms with Gasteiger partial charge in [0.15, 0.2) is 0 Å². The van der Waals surface area contributed by atoms with E-state index in [0.717, 1.165) is 22.2 Å². The van der Waals surface area contributed by atoms with Gasteiger partial charge in [-0.25, -0.2) is 0 Å². The van der Waals surface area contributed by atoms with E-state index >= 15 is 0 Å². The number of aromatic amines is 1. The van der Waals surface area contributed by atoms with E-state index in [2.05, 4.69) is 26.7 Å². The number of dihydropyridines is 1. The van der Waals surface area contributed by atoms with Crippen molar-refractivity contribution in [2.24, 2.45) is 5.16 Å². The molecule has 0 aliphatic carbocycles. The fourth-order valence-corrected chi connectivity index (χ4v) is 2.67. The lowest BCUT2D eigenvalue weighted by Crippen LogP contribution is -2.20. The number of nitrogens with one attached hydrogen (secondary N) is 2. The number of hydrogen-bond donors (Lipinski definition) is 3. The van der Waals surface area contributed by atoms with Gasteiger partial charge in [0.1, 0.15) is 11.8 Å². The van der Waals surface area contributed by atoms with Crippen molar-refractivity contribution in [3.8, 4) is 12.1 Å². The summed E-state index contributed by atoms with van der Waals surface area (Å²) in [6, 6.07) is 9.72. The molecular formula is C16H12N6O. The van der Waals surface area contributed by atoms with Gasteiger partial charge in [0.25, 0.3) is 0 Å². The second-order valence-corrected chi connectivity index (χ2v) is 5.12. The number of fused-ring (bicyclic) bond motifs is 1. The number of rotatable bonds is 2. The van der Waals surface area contributed by atoms with Crippen LogP contribution in [0.2, 0.25) is 0 Å². The Morgan fingerprint density at radius 3 is 2.87 bits per heavy atom. The molecule has 112 valence electrons. The van der Waals surface area contributed by atoms with Crippen molar-refractivity contribution in [2.45, 2.75) is 12.8 Å². The van der Waals surface area contributed by atoms with E-state index in [9.17, 15) is 10.5 Å². The third-order valence-electron chi connectivity index (χ3n) is 3.70. The van der Waals surface area contributed by atoms with Crippen molar-refractivity contribution in [3.63, 3.8) is 0 Å². The number of nitriles is 2. The molecule has 7 nitrogen and oxygen atoms in total. The molecule has 0 radical (unpaired) electrons. The normalized spacial score (nSPS) is 17.7. The number of hydrogen-bond acceptors (Lipinski definition) is 6. The predicted octanol–water partition coefficient (Wildman–Crippen LogP) is 2.26. The second-order valence-electron chi connectivity index (χ2n) is 5.12. The first-order valence-corrected chi connectivity index (χ1v) is 6.83. The van der Waals surface area contributed by atoms with Crippen molar-refractivity contribution >= 4 is 17.1 Å². The Labute approximate surface area is 131 Å². The third kappa shape index (κ3) is 2.41. The highest BCUT2D eigenvalue weighted by molar-refractivity contribution is 5.96. The molecule has 23 heavy (non-hydrogen) atoms. The van der Waals surface area contributed by atoms with Crippen LogP contribution in [0.1, 0.15) is 24.1 Å². The maximum atomic E-state index is 9.42. The van der Waals surface area contributed by atoms with E-state index < -0.39 is 0 Å². The summed E-state index contributed by atoms with van der Waals surface area (Å²) < 4.78 is 0. The molecule has 1 aliphatic heterocycles. The van der Waals surface area contributed by atoms with Crippen LogP contribution >= 0.6 is 0 Å². The van der Waals surface area contributed by atoms with Gasteiger partial charge in [0.2, 0.25) is 0 Å². The van der Waals surface area contributed by atoms with Gasteiger partial charge in [0, 0.05) is 17.0 Å². The lowest BCUT2D eigenvalue weighted by Gasteiger charge is -2.21. The number of aromatic nitrogens is 2. The average molecular weight is 304 g/mol. The summed E-state index contributed by atoms with van der Waals surface area (Å²) in [6.45, 7) is 1.85. The van der Waals surface area contributed by atoms with Crippen LogP contribution < -0.4 is 5.32 Å². The molecule has 2 aromatic rings. The van der Waals surface area contributed by atoms with Gasteiger partial charge >= 0.3 is 0 Å². The number of H-pyrrole nitrogens is 1. The molecule has 0 fully saturated rings. The Morgan fingerprint density at radius 1 is 1.35 bits per heavy atom. The molecule has 1 unspecified atom stereocenters. The number of nitrogens with zero attached hydrogens (tertiary/aromatic N) is 4. The largest absolute Gasteiger partial charge is 0.411 e. The van der Waals surface area contributed by atoms with Crippen molar-refractivity contribution < 1.29 is 5.21 Å². The van der Waals surface area contributed by atoms with E-state index in [1.54, 1.807) is 0 Å². The molecule has 0 saturated heterocycles. The summed E-state index contributed by atoms with van der Waals surface area (Å²) in [5.74, 6) is -0.311. The molecule has 1 aliphatic rings. The van der Waals surface area contributed by atoms with Crippen LogP contribution in [0.15, 0.2) is 46.4 Å². The minimum absolute atomic E-state index is 0.266. The quantitative estimate of drug-likeness (QED) is 0.446. The van der Waals surface area contributed by atoms with Crippen LogP contribution in [0.4, 0.5) is 0 Å². The Bertz CT molecular complexity index is 951. The van der Waals surface area contributed by atoms with E-state index in [1.807, 2.05) is 37.3 Å². The zero-order chi connectivity index (χ0) is 16.4. The maximum absolute atomic E-state index is 9.42. The summed E-state index contributed by atoms with van der Waals surface area (Å²) in [5, 5.41) is 41.0. The first-order valence-electron chi connectivity index (χ1n) is 6.83. The average Bonchev–Trinajstić information content (AvgIpc) is 2.96. The zero-order valence-corrected chi connectivity index (χ0v) is 12.2. The molecular weight excluding hydrogens is 292 g/mol. The zero-order valence-electron chi connectivity index (χ0n) is 12.2. The maximum Gasteiger partial charge on any atom is 0.132 e. The highest BCUT2D eigenvalue weighted by Gasteiger charge is 2.24. The van der Waals surface area contributed by atoms with Crippen LogP contribution in [-0.4, -0.2) is 21.6 Å². The first kappa shape index (κ1) is 14.4. The number of oxime groups is 1. The fourth-order valence-electron chi connectivity index (χ4n) is 2.67. The monoisotopic (exact) mass is 304 g/mol. The van der Waals surface area contributed by atoms with Gasteiger partial charge < -0.3 is 10.5 Å². The number of benzene rings is 1. The molecule has 7 heteroatoms. The van der Waals surface area contributed by atoms with E-state index in [-0.39, 0.29) is 11.6 Å². The standard InChI is InChI=1S/C16H12N6O/c1-9-4-11(13(6-17)15(7-18)20-9)10-2-3-14-12(5-10)16(8-19-23)22-21-14/h2-5,8,11,20,23H,1H3,(H,21,22)/b19-8+. The number of allylic oxidation sites excluding steroid dienone is 4. The van der Waals surface area contributed by atoms with Crippen LogP contribution in [0, 0.1) is 22.7 Å². The van der Waals surface area contributed by atoms with Crippen molar-refractivity contribution in [1.29, 1.82) is 10.5 Å². The fraction of sp³-hybridized carbons (Fsp3) is 0.125. The van der Waals surface area contributed by atoms with Crippen molar-refractivity contribution in [2.75, 3.05) is 0 Å². The predicted molar refractivity (Wildman–Crippen MR) is 83.4 cm³/mol. The van der Waals surface area contributed by atoms with Crippen LogP contribution in [-0.2, 0) is 0 Å². The molecule has 3 N–H and O–H groups in total. The third-order valence-corrected chi connectivity index (χ3v) is 3.70. The highest BCUT2D eigenvalue weighted by Crippen LogP contribution is 2.33. The molecule has 2 heterocycles. The van der Waals surface area contributed by atoms with Gasteiger partial charge in [-0.1, -0.05) is 17.3 Å². The summed E-state index contributed by atoms with van der Waals surface area (Å²) in [7, 11) is 0. The van der Waals surface area contributed by atoms with E-state index in [1.165, 1.54) is 6.21 Å². The Balaban J connectivity index is 2.17. The van der Waals surface area contributed by atoms with Crippen molar-refractivity contribution in [3.05, 3.63) is 52.5 Å². The summed E-state index contributed by atoms with van der Waals surface area (Å²) in [6.07, 6.45) is 3.17. The van der Waals surface area contributed by atoms with Crippen LogP contribution in [0.3, 0.4) is 0 Å². The molecule has 1 atom stereocenters. The van der Waals surface area contributed by atoms with Crippen LogP contribution in [0.25, 0.3) is 10.9 Å². The van der Waals surface area contributed by atoms with E-state index in [0.29, 0.717) is 11.3 Å². The van der Waals surface area contributed by atoms with Gasteiger partial charge in [-0.3, -0.25) is 5.10 Å². The van der Waals surface area contributed by atoms with Crippen molar-refractivity contribution in [1.82, 2.24) is 15.5 Å². The molecule has 0 amide bonds. The van der Waals surface area contributed by atoms with Gasteiger partial charge in [-0.05, 0) is 24.6 Å². The van der Waals surface area contributed by atoms with Gasteiger partial charge in [-0.15, -0.1) is 0 Å². The Morgan fingerprint density at radius 2 is 2.17 bits per heavy atom. The lowest BCUT2D eigenvalue weighted by molar-refractivity contribution is 0.321. The Kier molecular flexibility index (Phi) is 3.54. The Hall–Kier alpha value is -3.58. The molecule has 0 bridgehead atoms. The van der Waals surface area contributed by atoms with Gasteiger partial charge in [-0.2, -0.15) is 15.6 Å². The topological polar surface area (TPSA) is 121 Å². The van der Waals surface area contributed by atoms with Gasteiger partial charge in [0.05, 0.1) is 29.1 Å². The summed E-state index contributed by atoms with van der Waals surface area (Å²) in [4.78, 5) is 0. The molecule has 1 aromatic carbocycles. The summed E-state index contributed by atoms with van der Waals surface area (Å²) >= 11 is 0. The highest BCUT2D eigenvalue weighted by atomic mass is 16.4. The molecule has 3 rings (SSSR count). The van der Waals surface area contributed by atoms with E-state index in [4.69, 9.17) is 5.21 Å². The molecule has 0 saturated carbocycles. The second kappa shape index (κ2) is 5.66.